The lowest BCUT2D eigenvalue weighted by molar-refractivity contribution is -0.109. The first-order chi connectivity index (χ1) is 7.41. The minimum absolute atomic E-state index is 0.453. The molecular formula is C10H19NO4. The van der Waals surface area contributed by atoms with Gasteiger partial charge in [0, 0.05) is 25.9 Å². The van der Waals surface area contributed by atoms with E-state index in [0.717, 1.165) is 25.7 Å². The molecule has 88 valence electrons. The van der Waals surface area contributed by atoms with Crippen LogP contribution in [-0.4, -0.2) is 52.1 Å². The molecular weight excluding hydrogens is 198 g/mol. The molecule has 0 fully saturated rings. The highest BCUT2D eigenvalue weighted by molar-refractivity contribution is 5.49. The number of carbonyl (C=O) groups excluding carboxylic acids is 2. The van der Waals surface area contributed by atoms with Gasteiger partial charge >= 0.3 is 0 Å². The van der Waals surface area contributed by atoms with Crippen molar-refractivity contribution in [2.75, 3.05) is 39.5 Å². The number of aldehydes is 2. The number of hydrogen-bond acceptors (Lipinski definition) is 5. The molecule has 0 unspecified atom stereocenters. The first kappa shape index (κ1) is 14.2. The van der Waals surface area contributed by atoms with Crippen LogP contribution in [0.2, 0.25) is 0 Å². The molecule has 0 aliphatic rings. The number of rotatable bonds is 12. The standard InChI is InChI=1S/C10H19NO4/c12-5-1-7-14-9-3-11-4-10-15-8-2-6-13/h5-6,11H,1-4,7-10H2. The molecule has 0 radical (unpaired) electrons. The zero-order valence-corrected chi connectivity index (χ0v) is 8.94. The Morgan fingerprint density at radius 2 is 1.27 bits per heavy atom. The third-order valence-electron chi connectivity index (χ3n) is 1.61. The van der Waals surface area contributed by atoms with Crippen molar-refractivity contribution in [3.8, 4) is 0 Å². The fourth-order valence-electron chi connectivity index (χ4n) is 0.881. The van der Waals surface area contributed by atoms with Crippen molar-refractivity contribution in [1.82, 2.24) is 5.32 Å². The van der Waals surface area contributed by atoms with Crippen LogP contribution < -0.4 is 5.32 Å². The highest BCUT2D eigenvalue weighted by Gasteiger charge is 1.90. The SMILES string of the molecule is O=CCCOCCNCCOCCC=O. The Morgan fingerprint density at radius 3 is 1.67 bits per heavy atom. The summed E-state index contributed by atoms with van der Waals surface area (Å²) >= 11 is 0. The topological polar surface area (TPSA) is 64.6 Å². The molecule has 0 saturated carbocycles. The summed E-state index contributed by atoms with van der Waals surface area (Å²) in [4.78, 5) is 19.9. The van der Waals surface area contributed by atoms with E-state index >= 15 is 0 Å². The second kappa shape index (κ2) is 13.2. The first-order valence-electron chi connectivity index (χ1n) is 5.15. The minimum Gasteiger partial charge on any atom is -0.380 e. The van der Waals surface area contributed by atoms with Crippen molar-refractivity contribution in [2.24, 2.45) is 0 Å². The van der Waals surface area contributed by atoms with Crippen LogP contribution in [0.25, 0.3) is 0 Å². The Balaban J connectivity index is 2.86. The normalized spacial score (nSPS) is 10.1. The quantitative estimate of drug-likeness (QED) is 0.362. The third-order valence-corrected chi connectivity index (χ3v) is 1.61. The number of ether oxygens (including phenoxy) is 2. The number of hydrogen-bond donors (Lipinski definition) is 1. The summed E-state index contributed by atoms with van der Waals surface area (Å²) in [5.41, 5.74) is 0. The van der Waals surface area contributed by atoms with Crippen molar-refractivity contribution in [3.05, 3.63) is 0 Å². The van der Waals surface area contributed by atoms with Gasteiger partial charge in [0.2, 0.25) is 0 Å². The Labute approximate surface area is 90.1 Å². The van der Waals surface area contributed by atoms with Gasteiger partial charge in [-0.15, -0.1) is 0 Å². The van der Waals surface area contributed by atoms with E-state index in [-0.39, 0.29) is 0 Å². The molecule has 0 aliphatic heterocycles. The second-order valence-electron chi connectivity index (χ2n) is 2.89. The first-order valence-corrected chi connectivity index (χ1v) is 5.15. The highest BCUT2D eigenvalue weighted by atomic mass is 16.5. The molecule has 1 N–H and O–H groups in total. The van der Waals surface area contributed by atoms with Gasteiger partial charge in [0.15, 0.2) is 0 Å². The fourth-order valence-corrected chi connectivity index (χ4v) is 0.881. The zero-order chi connectivity index (χ0) is 11.2. The van der Waals surface area contributed by atoms with Gasteiger partial charge < -0.3 is 24.4 Å². The molecule has 5 nitrogen and oxygen atoms in total. The maximum Gasteiger partial charge on any atom is 0.122 e. The van der Waals surface area contributed by atoms with Crippen LogP contribution in [0.4, 0.5) is 0 Å². The van der Waals surface area contributed by atoms with Crippen molar-refractivity contribution < 1.29 is 19.1 Å². The van der Waals surface area contributed by atoms with Crippen LogP contribution in [0.5, 0.6) is 0 Å². The Hall–Kier alpha value is -0.780. The fraction of sp³-hybridized carbons (Fsp3) is 0.800. The monoisotopic (exact) mass is 217 g/mol. The van der Waals surface area contributed by atoms with Crippen LogP contribution in [0.15, 0.2) is 0 Å². The van der Waals surface area contributed by atoms with E-state index in [1.165, 1.54) is 0 Å². The number of carbonyl (C=O) groups is 2. The average Bonchev–Trinajstić information content (AvgIpc) is 2.26. The molecule has 0 rings (SSSR count). The Kier molecular flexibility index (Phi) is 12.5. The van der Waals surface area contributed by atoms with Crippen LogP contribution in [-0.2, 0) is 19.1 Å². The van der Waals surface area contributed by atoms with Gasteiger partial charge in [0.05, 0.1) is 26.4 Å². The lowest BCUT2D eigenvalue weighted by atomic mass is 10.5. The summed E-state index contributed by atoms with van der Waals surface area (Å²) in [6.45, 7) is 3.66. The van der Waals surface area contributed by atoms with E-state index in [0.29, 0.717) is 39.3 Å². The third kappa shape index (κ3) is 13.2. The van der Waals surface area contributed by atoms with Crippen molar-refractivity contribution in [3.63, 3.8) is 0 Å². The molecule has 0 aromatic rings. The summed E-state index contributed by atoms with van der Waals surface area (Å²) < 4.78 is 10.3. The molecule has 0 bridgehead atoms. The molecule has 0 heterocycles. The zero-order valence-electron chi connectivity index (χ0n) is 8.94. The molecule has 0 aromatic carbocycles. The molecule has 0 aromatic heterocycles. The van der Waals surface area contributed by atoms with Gasteiger partial charge in [-0.2, -0.15) is 0 Å². The van der Waals surface area contributed by atoms with Gasteiger partial charge in [-0.3, -0.25) is 0 Å². The molecule has 0 amide bonds. The van der Waals surface area contributed by atoms with E-state index in [1.54, 1.807) is 0 Å². The summed E-state index contributed by atoms with van der Waals surface area (Å²) in [5.74, 6) is 0. The maximum absolute atomic E-state index is 9.93. The van der Waals surface area contributed by atoms with Crippen molar-refractivity contribution in [1.29, 1.82) is 0 Å². The van der Waals surface area contributed by atoms with Crippen LogP contribution >= 0.6 is 0 Å². The molecule has 0 aliphatic carbocycles. The van der Waals surface area contributed by atoms with Gasteiger partial charge in [0.25, 0.3) is 0 Å². The molecule has 15 heavy (non-hydrogen) atoms. The lowest BCUT2D eigenvalue weighted by Crippen LogP contribution is -2.24. The van der Waals surface area contributed by atoms with E-state index in [1.807, 2.05) is 0 Å². The van der Waals surface area contributed by atoms with E-state index in [2.05, 4.69) is 5.32 Å². The summed E-state index contributed by atoms with van der Waals surface area (Å²) in [6.07, 6.45) is 2.59. The maximum atomic E-state index is 9.93. The van der Waals surface area contributed by atoms with Crippen LogP contribution in [0.1, 0.15) is 12.8 Å². The smallest absolute Gasteiger partial charge is 0.122 e. The van der Waals surface area contributed by atoms with E-state index in [9.17, 15) is 9.59 Å². The molecule has 5 heteroatoms. The predicted octanol–water partition coefficient (Wildman–Crippen LogP) is -0.213. The second-order valence-corrected chi connectivity index (χ2v) is 2.89. The lowest BCUT2D eigenvalue weighted by Gasteiger charge is -2.05. The Morgan fingerprint density at radius 1 is 0.800 bits per heavy atom. The molecule has 0 atom stereocenters. The minimum atomic E-state index is 0.453. The highest BCUT2D eigenvalue weighted by Crippen LogP contribution is 1.79. The van der Waals surface area contributed by atoms with Crippen LogP contribution in [0, 0.1) is 0 Å². The summed E-state index contributed by atoms with van der Waals surface area (Å²) in [5, 5.41) is 3.11. The number of nitrogens with one attached hydrogen (secondary N) is 1. The summed E-state index contributed by atoms with van der Waals surface area (Å²) in [7, 11) is 0. The van der Waals surface area contributed by atoms with Crippen molar-refractivity contribution in [2.45, 2.75) is 12.8 Å². The van der Waals surface area contributed by atoms with E-state index in [4.69, 9.17) is 9.47 Å². The Bertz CT molecular complexity index is 136. The van der Waals surface area contributed by atoms with Crippen LogP contribution in [0.3, 0.4) is 0 Å². The average molecular weight is 217 g/mol. The largest absolute Gasteiger partial charge is 0.380 e. The molecule has 0 spiro atoms. The van der Waals surface area contributed by atoms with Gasteiger partial charge in [-0.05, 0) is 0 Å². The van der Waals surface area contributed by atoms with Crippen molar-refractivity contribution >= 4 is 12.6 Å². The predicted molar refractivity (Wildman–Crippen MR) is 55.9 cm³/mol. The van der Waals surface area contributed by atoms with Gasteiger partial charge in [0.1, 0.15) is 12.6 Å². The summed E-state index contributed by atoms with van der Waals surface area (Å²) in [6, 6.07) is 0. The molecule has 0 saturated heterocycles. The van der Waals surface area contributed by atoms with E-state index < -0.39 is 0 Å². The van der Waals surface area contributed by atoms with Gasteiger partial charge in [-0.1, -0.05) is 0 Å². The van der Waals surface area contributed by atoms with Gasteiger partial charge in [-0.25, -0.2) is 0 Å².